The van der Waals surface area contributed by atoms with E-state index < -0.39 is 0 Å². The zero-order chi connectivity index (χ0) is 19.9. The molecule has 1 fully saturated rings. The highest BCUT2D eigenvalue weighted by Crippen LogP contribution is 2.43. The SMILES string of the molecule is CC(C)CC[C@@]1(CC[NH2+]Cc2ccc(N(C)C)cc2)CCO[C@H](C(C)C)C1. The van der Waals surface area contributed by atoms with E-state index in [9.17, 15) is 0 Å². The fourth-order valence-electron chi connectivity index (χ4n) is 4.22. The van der Waals surface area contributed by atoms with Crippen LogP contribution >= 0.6 is 0 Å². The summed E-state index contributed by atoms with van der Waals surface area (Å²) in [6.45, 7) is 12.6. The first-order chi connectivity index (χ1) is 12.8. The van der Waals surface area contributed by atoms with E-state index in [4.69, 9.17) is 4.74 Å². The van der Waals surface area contributed by atoms with E-state index in [1.54, 1.807) is 0 Å². The van der Waals surface area contributed by atoms with Crippen molar-refractivity contribution >= 4 is 5.69 Å². The Labute approximate surface area is 167 Å². The number of rotatable bonds is 10. The monoisotopic (exact) mass is 375 g/mol. The smallest absolute Gasteiger partial charge is 0.101 e. The number of benzene rings is 1. The van der Waals surface area contributed by atoms with Crippen molar-refractivity contribution in [2.75, 3.05) is 32.1 Å². The van der Waals surface area contributed by atoms with Crippen LogP contribution in [-0.2, 0) is 11.3 Å². The van der Waals surface area contributed by atoms with Gasteiger partial charge in [0.05, 0.1) is 12.6 Å². The second-order valence-corrected chi connectivity index (χ2v) is 9.63. The fraction of sp³-hybridized carbons (Fsp3) is 0.750. The zero-order valence-electron chi connectivity index (χ0n) is 18.6. The summed E-state index contributed by atoms with van der Waals surface area (Å²) in [5, 5.41) is 2.50. The molecule has 0 saturated carbocycles. The molecule has 2 N–H and O–H groups in total. The van der Waals surface area contributed by atoms with Crippen LogP contribution in [0.4, 0.5) is 5.69 Å². The molecule has 0 unspecified atom stereocenters. The van der Waals surface area contributed by atoms with Crippen LogP contribution in [-0.4, -0.2) is 33.4 Å². The molecule has 1 saturated heterocycles. The van der Waals surface area contributed by atoms with Crippen molar-refractivity contribution in [2.24, 2.45) is 17.3 Å². The Morgan fingerprint density at radius 2 is 1.81 bits per heavy atom. The number of anilines is 1. The van der Waals surface area contributed by atoms with E-state index in [-0.39, 0.29) is 0 Å². The third-order valence-corrected chi connectivity index (χ3v) is 6.31. The molecule has 0 radical (unpaired) electrons. The average Bonchev–Trinajstić information content (AvgIpc) is 2.64. The summed E-state index contributed by atoms with van der Waals surface area (Å²) in [4.78, 5) is 2.16. The topological polar surface area (TPSA) is 29.1 Å². The Morgan fingerprint density at radius 3 is 2.41 bits per heavy atom. The molecule has 1 aromatic rings. The van der Waals surface area contributed by atoms with Gasteiger partial charge in [-0.15, -0.1) is 0 Å². The summed E-state index contributed by atoms with van der Waals surface area (Å²) in [7, 11) is 4.19. The van der Waals surface area contributed by atoms with Crippen molar-refractivity contribution in [2.45, 2.75) is 72.4 Å². The van der Waals surface area contributed by atoms with Gasteiger partial charge in [0, 0.05) is 38.4 Å². The molecule has 0 amide bonds. The molecular formula is C24H43N2O+. The van der Waals surface area contributed by atoms with Gasteiger partial charge in [-0.25, -0.2) is 0 Å². The predicted octanol–water partition coefficient (Wildman–Crippen LogP) is 4.46. The maximum absolute atomic E-state index is 6.09. The lowest BCUT2D eigenvalue weighted by Crippen LogP contribution is -2.83. The van der Waals surface area contributed by atoms with Crippen LogP contribution < -0.4 is 10.2 Å². The van der Waals surface area contributed by atoms with Gasteiger partial charge < -0.3 is 15.0 Å². The molecule has 0 bridgehead atoms. The molecule has 0 aliphatic carbocycles. The van der Waals surface area contributed by atoms with E-state index >= 15 is 0 Å². The molecule has 1 aliphatic rings. The van der Waals surface area contributed by atoms with E-state index in [2.05, 4.69) is 76.3 Å². The minimum absolute atomic E-state index is 0.449. The summed E-state index contributed by atoms with van der Waals surface area (Å²) in [6.07, 6.45) is 6.97. The van der Waals surface area contributed by atoms with E-state index in [0.717, 1.165) is 19.1 Å². The molecule has 1 heterocycles. The first kappa shape index (κ1) is 22.2. The maximum Gasteiger partial charge on any atom is 0.101 e. The van der Waals surface area contributed by atoms with E-state index in [0.29, 0.717) is 17.4 Å². The van der Waals surface area contributed by atoms with Gasteiger partial charge in [0.2, 0.25) is 0 Å². The normalized spacial score (nSPS) is 23.2. The molecule has 2 rings (SSSR count). The second kappa shape index (κ2) is 10.5. The van der Waals surface area contributed by atoms with Crippen LogP contribution in [0.2, 0.25) is 0 Å². The minimum Gasteiger partial charge on any atom is -0.378 e. The highest BCUT2D eigenvalue weighted by Gasteiger charge is 2.37. The number of hydrogen-bond acceptors (Lipinski definition) is 2. The van der Waals surface area contributed by atoms with Crippen molar-refractivity contribution in [1.82, 2.24) is 0 Å². The van der Waals surface area contributed by atoms with Gasteiger partial charge in [0.15, 0.2) is 0 Å². The van der Waals surface area contributed by atoms with Crippen molar-refractivity contribution in [3.8, 4) is 0 Å². The molecule has 2 atom stereocenters. The summed E-state index contributed by atoms with van der Waals surface area (Å²) in [5.41, 5.74) is 3.18. The summed E-state index contributed by atoms with van der Waals surface area (Å²) >= 11 is 0. The first-order valence-electron chi connectivity index (χ1n) is 11.0. The van der Waals surface area contributed by atoms with Crippen LogP contribution in [0.15, 0.2) is 24.3 Å². The quantitative estimate of drug-likeness (QED) is 0.612. The Kier molecular flexibility index (Phi) is 8.62. The lowest BCUT2D eigenvalue weighted by molar-refractivity contribution is -0.672. The Morgan fingerprint density at radius 1 is 1.11 bits per heavy atom. The van der Waals surface area contributed by atoms with Gasteiger partial charge in [0.1, 0.15) is 6.54 Å². The van der Waals surface area contributed by atoms with Gasteiger partial charge in [-0.1, -0.05) is 46.2 Å². The second-order valence-electron chi connectivity index (χ2n) is 9.63. The Bertz CT molecular complexity index is 538. The summed E-state index contributed by atoms with van der Waals surface area (Å²) in [6, 6.07) is 8.98. The molecular weight excluding hydrogens is 332 g/mol. The van der Waals surface area contributed by atoms with Crippen LogP contribution in [0.3, 0.4) is 0 Å². The van der Waals surface area contributed by atoms with E-state index in [1.807, 2.05) is 0 Å². The van der Waals surface area contributed by atoms with Crippen LogP contribution in [0.25, 0.3) is 0 Å². The highest BCUT2D eigenvalue weighted by molar-refractivity contribution is 5.45. The van der Waals surface area contributed by atoms with Gasteiger partial charge >= 0.3 is 0 Å². The van der Waals surface area contributed by atoms with Crippen molar-refractivity contribution in [3.05, 3.63) is 29.8 Å². The predicted molar refractivity (Wildman–Crippen MR) is 116 cm³/mol. The standard InChI is InChI=1S/C24H42N2O/c1-19(2)11-12-24(14-16-27-23(17-24)20(3)4)13-15-25-18-21-7-9-22(10-8-21)26(5)6/h7-10,19-20,23,25H,11-18H2,1-6H3/p+1/t23-,24+/m0/s1. The lowest BCUT2D eigenvalue weighted by atomic mass is 9.69. The molecule has 1 aliphatic heterocycles. The zero-order valence-corrected chi connectivity index (χ0v) is 18.6. The summed E-state index contributed by atoms with van der Waals surface area (Å²) in [5.74, 6) is 1.42. The fourth-order valence-corrected chi connectivity index (χ4v) is 4.22. The largest absolute Gasteiger partial charge is 0.378 e. The number of hydrogen-bond donors (Lipinski definition) is 1. The Hall–Kier alpha value is -1.06. The molecule has 3 nitrogen and oxygen atoms in total. The van der Waals surface area contributed by atoms with Crippen LogP contribution in [0.5, 0.6) is 0 Å². The lowest BCUT2D eigenvalue weighted by Gasteiger charge is -2.42. The highest BCUT2D eigenvalue weighted by atomic mass is 16.5. The summed E-state index contributed by atoms with van der Waals surface area (Å²) < 4.78 is 6.09. The van der Waals surface area contributed by atoms with E-state index in [1.165, 1.54) is 49.9 Å². The van der Waals surface area contributed by atoms with Crippen molar-refractivity contribution in [1.29, 1.82) is 0 Å². The van der Waals surface area contributed by atoms with Crippen molar-refractivity contribution in [3.63, 3.8) is 0 Å². The maximum atomic E-state index is 6.09. The number of quaternary nitrogens is 1. The van der Waals surface area contributed by atoms with Gasteiger partial charge in [-0.05, 0) is 48.6 Å². The number of ether oxygens (including phenoxy) is 1. The van der Waals surface area contributed by atoms with Gasteiger partial charge in [-0.3, -0.25) is 0 Å². The molecule has 27 heavy (non-hydrogen) atoms. The van der Waals surface area contributed by atoms with Crippen molar-refractivity contribution < 1.29 is 10.1 Å². The van der Waals surface area contributed by atoms with Gasteiger partial charge in [0.25, 0.3) is 0 Å². The van der Waals surface area contributed by atoms with Gasteiger partial charge in [-0.2, -0.15) is 0 Å². The van der Waals surface area contributed by atoms with Crippen LogP contribution in [0, 0.1) is 17.3 Å². The van der Waals surface area contributed by atoms with Crippen LogP contribution in [0.1, 0.15) is 65.4 Å². The third-order valence-electron chi connectivity index (χ3n) is 6.31. The first-order valence-corrected chi connectivity index (χ1v) is 11.0. The average molecular weight is 376 g/mol. The Balaban J connectivity index is 1.87. The number of nitrogens with two attached hydrogens (primary N) is 1. The third kappa shape index (κ3) is 7.12. The minimum atomic E-state index is 0.449. The molecule has 1 aromatic carbocycles. The number of nitrogens with zero attached hydrogens (tertiary/aromatic N) is 1. The molecule has 0 spiro atoms. The molecule has 3 heteroatoms. The molecule has 154 valence electrons. The molecule has 0 aromatic heterocycles.